The molecule has 2 aromatic carbocycles. The lowest BCUT2D eigenvalue weighted by molar-refractivity contribution is 0.373. The van der Waals surface area contributed by atoms with Crippen molar-refractivity contribution in [2.24, 2.45) is 4.99 Å². The van der Waals surface area contributed by atoms with E-state index in [1.54, 1.807) is 18.3 Å². The Bertz CT molecular complexity index is 568. The number of phenolic OH excluding ortho intramolecular Hbond substituents is 1. The van der Waals surface area contributed by atoms with Crippen LogP contribution in [-0.4, -0.2) is 18.4 Å². The Hall–Kier alpha value is -2.00. The molecule has 0 fully saturated rings. The Morgan fingerprint density at radius 1 is 1.22 bits per heavy atom. The van der Waals surface area contributed by atoms with Gasteiger partial charge in [0.25, 0.3) is 0 Å². The molecule has 92 valence electrons. The van der Waals surface area contributed by atoms with Gasteiger partial charge in [-0.15, -0.1) is 0 Å². The summed E-state index contributed by atoms with van der Waals surface area (Å²) in [6, 6.07) is 12.9. The molecule has 0 saturated carbocycles. The third-order valence-corrected chi connectivity index (χ3v) is 2.68. The topological polar surface area (TPSA) is 41.8 Å². The lowest BCUT2D eigenvalue weighted by atomic mass is 10.2. The van der Waals surface area contributed by atoms with Crippen LogP contribution >= 0.6 is 11.6 Å². The molecule has 4 heteroatoms. The molecule has 0 heterocycles. The van der Waals surface area contributed by atoms with E-state index in [1.807, 2.05) is 30.3 Å². The minimum absolute atomic E-state index is 0.0592. The van der Waals surface area contributed by atoms with Crippen LogP contribution in [0.1, 0.15) is 5.56 Å². The molecule has 2 aromatic rings. The number of halogens is 1. The monoisotopic (exact) mass is 261 g/mol. The summed E-state index contributed by atoms with van der Waals surface area (Å²) in [4.78, 5) is 4.30. The molecule has 0 atom stereocenters. The van der Waals surface area contributed by atoms with Crippen LogP contribution in [0, 0.1) is 0 Å². The molecule has 0 unspecified atom stereocenters. The Labute approximate surface area is 110 Å². The number of hydrogen-bond donors (Lipinski definition) is 1. The van der Waals surface area contributed by atoms with Gasteiger partial charge in [-0.25, -0.2) is 0 Å². The zero-order chi connectivity index (χ0) is 13.0. The summed E-state index contributed by atoms with van der Waals surface area (Å²) in [5.41, 5.74) is 1.61. The van der Waals surface area contributed by atoms with Crippen LogP contribution in [0.5, 0.6) is 11.5 Å². The Morgan fingerprint density at radius 3 is 2.61 bits per heavy atom. The highest BCUT2D eigenvalue weighted by Gasteiger charge is 2.07. The maximum atomic E-state index is 9.61. The Kier molecular flexibility index (Phi) is 3.85. The smallest absolute Gasteiger partial charge is 0.176 e. The van der Waals surface area contributed by atoms with Crippen molar-refractivity contribution in [2.75, 3.05) is 7.11 Å². The number of para-hydroxylation sites is 1. The van der Waals surface area contributed by atoms with E-state index < -0.39 is 0 Å². The van der Waals surface area contributed by atoms with Crippen molar-refractivity contribution in [3.63, 3.8) is 0 Å². The van der Waals surface area contributed by atoms with Crippen molar-refractivity contribution in [2.45, 2.75) is 0 Å². The molecule has 0 aliphatic carbocycles. The number of rotatable bonds is 3. The third-order valence-electron chi connectivity index (χ3n) is 2.39. The average Bonchev–Trinajstić information content (AvgIpc) is 2.41. The van der Waals surface area contributed by atoms with Gasteiger partial charge in [-0.3, -0.25) is 4.99 Å². The van der Waals surface area contributed by atoms with E-state index in [4.69, 9.17) is 16.3 Å². The fourth-order valence-corrected chi connectivity index (χ4v) is 1.71. The van der Waals surface area contributed by atoms with E-state index in [-0.39, 0.29) is 10.8 Å². The van der Waals surface area contributed by atoms with Crippen molar-refractivity contribution in [1.29, 1.82) is 0 Å². The highest BCUT2D eigenvalue weighted by molar-refractivity contribution is 6.32. The molecule has 0 spiro atoms. The molecule has 0 bridgehead atoms. The van der Waals surface area contributed by atoms with Gasteiger partial charge in [-0.1, -0.05) is 29.8 Å². The SMILES string of the molecule is COc1cc(C=Nc2ccccc2)cc(Cl)c1O. The number of methoxy groups -OCH3 is 1. The van der Waals surface area contributed by atoms with E-state index in [2.05, 4.69) is 4.99 Å². The van der Waals surface area contributed by atoms with E-state index in [0.29, 0.717) is 5.75 Å². The normalized spacial score (nSPS) is 10.8. The third kappa shape index (κ3) is 2.81. The van der Waals surface area contributed by atoms with E-state index >= 15 is 0 Å². The zero-order valence-electron chi connectivity index (χ0n) is 9.80. The van der Waals surface area contributed by atoms with Crippen molar-refractivity contribution in [3.05, 3.63) is 53.1 Å². The number of phenols is 1. The maximum Gasteiger partial charge on any atom is 0.176 e. The predicted octanol–water partition coefficient (Wildman–Crippen LogP) is 3.80. The zero-order valence-corrected chi connectivity index (χ0v) is 10.6. The molecule has 0 saturated heterocycles. The van der Waals surface area contributed by atoms with E-state index in [0.717, 1.165) is 11.3 Å². The quantitative estimate of drug-likeness (QED) is 0.854. The van der Waals surface area contributed by atoms with Gasteiger partial charge in [0, 0.05) is 6.21 Å². The summed E-state index contributed by atoms with van der Waals surface area (Å²) < 4.78 is 5.02. The van der Waals surface area contributed by atoms with Gasteiger partial charge in [-0.05, 0) is 29.8 Å². The summed E-state index contributed by atoms with van der Waals surface area (Å²) in [7, 11) is 1.48. The maximum absolute atomic E-state index is 9.61. The van der Waals surface area contributed by atoms with E-state index in [1.165, 1.54) is 7.11 Å². The largest absolute Gasteiger partial charge is 0.503 e. The number of ether oxygens (including phenoxy) is 1. The average molecular weight is 262 g/mol. The lowest BCUT2D eigenvalue weighted by Crippen LogP contribution is -1.88. The summed E-state index contributed by atoms with van der Waals surface area (Å²) in [5, 5.41) is 9.85. The molecule has 0 aromatic heterocycles. The first-order chi connectivity index (χ1) is 8.70. The lowest BCUT2D eigenvalue weighted by Gasteiger charge is -2.05. The molecule has 0 aliphatic rings. The van der Waals surface area contributed by atoms with E-state index in [9.17, 15) is 5.11 Å². The second-order valence-corrected chi connectivity index (χ2v) is 4.05. The van der Waals surface area contributed by atoms with Crippen LogP contribution in [0.3, 0.4) is 0 Å². The molecule has 18 heavy (non-hydrogen) atoms. The van der Waals surface area contributed by atoms with Crippen molar-refractivity contribution in [1.82, 2.24) is 0 Å². The minimum atomic E-state index is -0.0592. The second kappa shape index (κ2) is 5.56. The van der Waals surface area contributed by atoms with Crippen LogP contribution in [0.15, 0.2) is 47.5 Å². The first-order valence-electron chi connectivity index (χ1n) is 5.36. The summed E-state index contributed by atoms with van der Waals surface area (Å²) >= 11 is 5.89. The van der Waals surface area contributed by atoms with Crippen LogP contribution in [0.2, 0.25) is 5.02 Å². The van der Waals surface area contributed by atoms with Crippen LogP contribution in [0.25, 0.3) is 0 Å². The van der Waals surface area contributed by atoms with Gasteiger partial charge in [0.1, 0.15) is 0 Å². The number of aromatic hydroxyl groups is 1. The predicted molar refractivity (Wildman–Crippen MR) is 73.4 cm³/mol. The first kappa shape index (κ1) is 12.5. The van der Waals surface area contributed by atoms with Crippen molar-refractivity contribution in [3.8, 4) is 11.5 Å². The number of aliphatic imine (C=N–C) groups is 1. The first-order valence-corrected chi connectivity index (χ1v) is 5.74. The van der Waals surface area contributed by atoms with Gasteiger partial charge in [-0.2, -0.15) is 0 Å². The molecule has 0 amide bonds. The summed E-state index contributed by atoms with van der Waals surface area (Å²) in [6.07, 6.45) is 1.67. The van der Waals surface area contributed by atoms with Crippen LogP contribution in [0.4, 0.5) is 5.69 Å². The minimum Gasteiger partial charge on any atom is -0.503 e. The van der Waals surface area contributed by atoms with Gasteiger partial charge in [0.15, 0.2) is 11.5 Å². The van der Waals surface area contributed by atoms with Crippen LogP contribution < -0.4 is 4.74 Å². The standard InChI is InChI=1S/C14H12ClNO2/c1-18-13-8-10(7-12(15)14(13)17)9-16-11-5-3-2-4-6-11/h2-9,17H,1H3. The molecular weight excluding hydrogens is 250 g/mol. The number of benzene rings is 2. The number of hydrogen-bond acceptors (Lipinski definition) is 3. The molecule has 1 N–H and O–H groups in total. The molecule has 0 radical (unpaired) electrons. The fourth-order valence-electron chi connectivity index (χ4n) is 1.49. The van der Waals surface area contributed by atoms with Gasteiger partial charge < -0.3 is 9.84 Å². The summed E-state index contributed by atoms with van der Waals surface area (Å²) in [6.45, 7) is 0. The fraction of sp³-hybridized carbons (Fsp3) is 0.0714. The molecule has 2 rings (SSSR count). The van der Waals surface area contributed by atoms with Gasteiger partial charge >= 0.3 is 0 Å². The Morgan fingerprint density at radius 2 is 1.94 bits per heavy atom. The van der Waals surface area contributed by atoms with Crippen molar-refractivity contribution < 1.29 is 9.84 Å². The summed E-state index contributed by atoms with van der Waals surface area (Å²) in [5.74, 6) is 0.271. The molecular formula is C14H12ClNO2. The molecule has 0 aliphatic heterocycles. The second-order valence-electron chi connectivity index (χ2n) is 3.65. The van der Waals surface area contributed by atoms with Gasteiger partial charge in [0.05, 0.1) is 17.8 Å². The highest BCUT2D eigenvalue weighted by Crippen LogP contribution is 2.34. The van der Waals surface area contributed by atoms with Crippen LogP contribution in [-0.2, 0) is 0 Å². The van der Waals surface area contributed by atoms with Crippen molar-refractivity contribution >= 4 is 23.5 Å². The highest BCUT2D eigenvalue weighted by atomic mass is 35.5. The van der Waals surface area contributed by atoms with Gasteiger partial charge in [0.2, 0.25) is 0 Å². The molecule has 3 nitrogen and oxygen atoms in total. The number of nitrogens with zero attached hydrogens (tertiary/aromatic N) is 1. The Balaban J connectivity index is 2.30.